The largest absolute Gasteiger partial charge is 0.394 e. The fraction of sp³-hybridized carbons (Fsp3) is 0.407. The number of aromatic amines is 1. The van der Waals surface area contributed by atoms with Crippen molar-refractivity contribution < 1.29 is 5.11 Å². The van der Waals surface area contributed by atoms with Gasteiger partial charge >= 0.3 is 0 Å². The smallest absolute Gasteiger partial charge is 0.123 e. The lowest BCUT2D eigenvalue weighted by Gasteiger charge is -2.40. The van der Waals surface area contributed by atoms with Crippen molar-refractivity contribution in [3.05, 3.63) is 78.5 Å². The van der Waals surface area contributed by atoms with Crippen LogP contribution in [0.3, 0.4) is 0 Å². The number of nitrogens with one attached hydrogen (secondary N) is 1. The molecule has 4 aromatic rings. The highest BCUT2D eigenvalue weighted by Gasteiger charge is 2.27. The van der Waals surface area contributed by atoms with Gasteiger partial charge in [0, 0.05) is 28.8 Å². The molecule has 2 aromatic carbocycles. The van der Waals surface area contributed by atoms with Gasteiger partial charge in [0.05, 0.1) is 12.6 Å². The number of benzene rings is 2. The van der Waals surface area contributed by atoms with E-state index in [-0.39, 0.29) is 12.6 Å². The molecule has 0 aliphatic carbocycles. The van der Waals surface area contributed by atoms with Gasteiger partial charge in [-0.1, -0.05) is 30.3 Å². The number of aliphatic hydroxyl groups excluding tert-OH is 1. The van der Waals surface area contributed by atoms with Crippen molar-refractivity contribution in [1.82, 2.24) is 29.5 Å². The van der Waals surface area contributed by atoms with Crippen LogP contribution in [0.15, 0.2) is 67.4 Å². The molecular formula is C27H34N6O. The maximum atomic E-state index is 10.0. The van der Waals surface area contributed by atoms with Crippen LogP contribution in [0.5, 0.6) is 0 Å². The predicted molar refractivity (Wildman–Crippen MR) is 135 cm³/mol. The number of fused-ring (bicyclic) bond motifs is 1. The first kappa shape index (κ1) is 22.8. The molecule has 0 spiro atoms. The summed E-state index contributed by atoms with van der Waals surface area (Å²) in [4.78, 5) is 8.39. The molecule has 0 amide bonds. The lowest BCUT2D eigenvalue weighted by atomic mass is 9.98. The Morgan fingerprint density at radius 2 is 1.85 bits per heavy atom. The standard InChI is InChI=1S/C27H34N6O/c1-31(27(18-34)21-6-3-2-4-7-21)23-11-14-32(15-12-23)13-5-8-22-17-28-26-10-9-24(16-25(22)26)33-19-29-30-20-33/h2-4,6-7,9-10,16-17,19-20,23,27-28,34H,5,8,11-15,18H2,1H3. The van der Waals surface area contributed by atoms with E-state index in [9.17, 15) is 5.11 Å². The van der Waals surface area contributed by atoms with E-state index in [0.717, 1.165) is 51.0 Å². The van der Waals surface area contributed by atoms with E-state index in [2.05, 4.69) is 80.7 Å². The molecule has 0 saturated carbocycles. The second-order valence-corrected chi connectivity index (χ2v) is 9.36. The fourth-order valence-corrected chi connectivity index (χ4v) is 5.31. The SMILES string of the molecule is CN(C1CCN(CCCc2c[nH]c3ccc(-n4cnnc4)cc23)CC1)C(CO)c1ccccc1. The number of rotatable bonds is 9. The summed E-state index contributed by atoms with van der Waals surface area (Å²) in [7, 11) is 2.17. The first-order chi connectivity index (χ1) is 16.7. The van der Waals surface area contributed by atoms with Crippen LogP contribution < -0.4 is 0 Å². The maximum absolute atomic E-state index is 10.0. The normalized spacial score (nSPS) is 16.4. The molecule has 2 N–H and O–H groups in total. The number of nitrogens with zero attached hydrogens (tertiary/aromatic N) is 5. The molecule has 1 fully saturated rings. The summed E-state index contributed by atoms with van der Waals surface area (Å²) < 4.78 is 1.94. The number of aliphatic hydroxyl groups is 1. The monoisotopic (exact) mass is 458 g/mol. The quantitative estimate of drug-likeness (QED) is 0.399. The van der Waals surface area contributed by atoms with Gasteiger partial charge in [-0.3, -0.25) is 9.47 Å². The number of likely N-dealkylation sites (N-methyl/N-ethyl adjacent to an activating group) is 1. The van der Waals surface area contributed by atoms with E-state index in [4.69, 9.17) is 0 Å². The second-order valence-electron chi connectivity index (χ2n) is 9.36. The minimum absolute atomic E-state index is 0.0719. The fourth-order valence-electron chi connectivity index (χ4n) is 5.31. The van der Waals surface area contributed by atoms with E-state index < -0.39 is 0 Å². The number of aryl methyl sites for hydroxylation is 1. The number of hydrogen-bond acceptors (Lipinski definition) is 5. The molecular weight excluding hydrogens is 424 g/mol. The maximum Gasteiger partial charge on any atom is 0.123 e. The summed E-state index contributed by atoms with van der Waals surface area (Å²) in [5, 5.41) is 19.1. The molecule has 5 rings (SSSR count). The summed E-state index contributed by atoms with van der Waals surface area (Å²) in [6.45, 7) is 3.52. The molecule has 7 nitrogen and oxygen atoms in total. The van der Waals surface area contributed by atoms with Crippen LogP contribution in [0.25, 0.3) is 16.6 Å². The first-order valence-corrected chi connectivity index (χ1v) is 12.3. The molecule has 1 aliphatic rings. The molecule has 1 unspecified atom stereocenters. The second kappa shape index (κ2) is 10.5. The zero-order valence-electron chi connectivity index (χ0n) is 19.8. The molecule has 178 valence electrons. The van der Waals surface area contributed by atoms with Crippen molar-refractivity contribution in [3.63, 3.8) is 0 Å². The summed E-state index contributed by atoms with van der Waals surface area (Å²) in [5.41, 5.74) is 4.82. The van der Waals surface area contributed by atoms with E-state index in [0.29, 0.717) is 6.04 Å². The van der Waals surface area contributed by atoms with Gasteiger partial charge < -0.3 is 15.0 Å². The molecule has 7 heteroatoms. The van der Waals surface area contributed by atoms with Gasteiger partial charge in [0.25, 0.3) is 0 Å². The lowest BCUT2D eigenvalue weighted by molar-refractivity contribution is 0.0663. The van der Waals surface area contributed by atoms with Crippen molar-refractivity contribution >= 4 is 10.9 Å². The molecule has 3 heterocycles. The Kier molecular flexibility index (Phi) is 7.04. The van der Waals surface area contributed by atoms with Crippen LogP contribution in [0.1, 0.15) is 36.4 Å². The van der Waals surface area contributed by atoms with Gasteiger partial charge in [-0.2, -0.15) is 0 Å². The topological polar surface area (TPSA) is 73.2 Å². The highest BCUT2D eigenvalue weighted by atomic mass is 16.3. The van der Waals surface area contributed by atoms with Crippen LogP contribution >= 0.6 is 0 Å². The van der Waals surface area contributed by atoms with E-state index in [1.807, 2.05) is 10.6 Å². The number of likely N-dealkylation sites (tertiary alicyclic amines) is 1. The number of hydrogen-bond donors (Lipinski definition) is 2. The van der Waals surface area contributed by atoms with Gasteiger partial charge in [-0.15, -0.1) is 10.2 Å². The third-order valence-electron chi connectivity index (χ3n) is 7.37. The Balaban J connectivity index is 1.13. The van der Waals surface area contributed by atoms with Crippen molar-refractivity contribution in [2.45, 2.75) is 37.8 Å². The van der Waals surface area contributed by atoms with Crippen molar-refractivity contribution in [3.8, 4) is 5.69 Å². The zero-order chi connectivity index (χ0) is 23.3. The van der Waals surface area contributed by atoms with Crippen LogP contribution in [0.2, 0.25) is 0 Å². The van der Waals surface area contributed by atoms with Gasteiger partial charge in [0.1, 0.15) is 12.7 Å². The third-order valence-corrected chi connectivity index (χ3v) is 7.37. The zero-order valence-corrected chi connectivity index (χ0v) is 19.8. The first-order valence-electron chi connectivity index (χ1n) is 12.3. The summed E-state index contributed by atoms with van der Waals surface area (Å²) in [6.07, 6.45) is 10.1. The lowest BCUT2D eigenvalue weighted by Crippen LogP contribution is -2.45. The minimum Gasteiger partial charge on any atom is -0.394 e. The number of aromatic nitrogens is 4. The summed E-state index contributed by atoms with van der Waals surface area (Å²) >= 11 is 0. The van der Waals surface area contributed by atoms with Gasteiger partial charge in [0.15, 0.2) is 0 Å². The Hall–Kier alpha value is -3.00. The predicted octanol–water partition coefficient (Wildman–Crippen LogP) is 3.81. The summed E-state index contributed by atoms with van der Waals surface area (Å²) in [5.74, 6) is 0. The highest BCUT2D eigenvalue weighted by Crippen LogP contribution is 2.26. The average Bonchev–Trinajstić information content (AvgIpc) is 3.56. The Bertz CT molecular complexity index is 1160. The van der Waals surface area contributed by atoms with Gasteiger partial charge in [-0.25, -0.2) is 0 Å². The molecule has 1 atom stereocenters. The van der Waals surface area contributed by atoms with Crippen LogP contribution in [-0.2, 0) is 6.42 Å². The molecule has 2 aromatic heterocycles. The number of H-pyrrole nitrogens is 1. The molecule has 0 bridgehead atoms. The van der Waals surface area contributed by atoms with Gasteiger partial charge in [0.2, 0.25) is 0 Å². The van der Waals surface area contributed by atoms with Crippen LogP contribution in [0.4, 0.5) is 0 Å². The van der Waals surface area contributed by atoms with Crippen LogP contribution in [-0.4, -0.2) is 74.0 Å². The van der Waals surface area contributed by atoms with Crippen molar-refractivity contribution in [2.75, 3.05) is 33.3 Å². The van der Waals surface area contributed by atoms with E-state index >= 15 is 0 Å². The molecule has 34 heavy (non-hydrogen) atoms. The van der Waals surface area contributed by atoms with Crippen LogP contribution in [0, 0.1) is 0 Å². The minimum atomic E-state index is 0.0719. The highest BCUT2D eigenvalue weighted by molar-refractivity contribution is 5.85. The average molecular weight is 459 g/mol. The Morgan fingerprint density at radius 1 is 1.09 bits per heavy atom. The van der Waals surface area contributed by atoms with E-state index in [1.54, 1.807) is 12.7 Å². The summed E-state index contributed by atoms with van der Waals surface area (Å²) in [6, 6.07) is 17.4. The van der Waals surface area contributed by atoms with Crippen molar-refractivity contribution in [1.29, 1.82) is 0 Å². The number of piperidine rings is 1. The molecule has 1 saturated heterocycles. The molecule has 0 radical (unpaired) electrons. The van der Waals surface area contributed by atoms with E-state index in [1.165, 1.54) is 22.0 Å². The molecule has 1 aliphatic heterocycles. The third kappa shape index (κ3) is 4.92. The van der Waals surface area contributed by atoms with Gasteiger partial charge in [-0.05, 0) is 81.7 Å². The van der Waals surface area contributed by atoms with Crippen molar-refractivity contribution in [2.24, 2.45) is 0 Å². The Labute approximate surface area is 201 Å². The Morgan fingerprint density at radius 3 is 2.59 bits per heavy atom.